The number of thiophene rings is 10. The summed E-state index contributed by atoms with van der Waals surface area (Å²) in [5.74, 6) is -12.8. The second-order valence-corrected chi connectivity index (χ2v) is 35.8. The van der Waals surface area contributed by atoms with Crippen molar-refractivity contribution in [1.82, 2.24) is 0 Å². The fraction of sp³-hybridized carbons (Fsp3) is 0.189. The molecule has 0 unspecified atom stereocenters. The average molecular weight is 1410 g/mol. The minimum absolute atomic E-state index is 0.0548. The number of rotatable bonds is 4. The Morgan fingerprint density at radius 2 is 0.609 bits per heavy atom. The highest BCUT2D eigenvalue weighted by molar-refractivity contribution is 7.28. The zero-order valence-corrected chi connectivity index (χ0v) is 59.0. The summed E-state index contributed by atoms with van der Waals surface area (Å²) in [6.45, 7) is 19.3. The summed E-state index contributed by atoms with van der Waals surface area (Å²) in [6, 6.07) is 42.6. The van der Waals surface area contributed by atoms with Crippen LogP contribution < -0.4 is 0 Å². The molecule has 18 rings (SSSR count). The predicted molar refractivity (Wildman–Crippen MR) is 382 cm³/mol. The summed E-state index contributed by atoms with van der Waals surface area (Å²) in [7, 11) is 0. The van der Waals surface area contributed by atoms with Crippen molar-refractivity contribution >= 4 is 134 Å². The third kappa shape index (κ3) is 10.0. The number of alkyl halides is 8. The lowest BCUT2D eigenvalue weighted by molar-refractivity contribution is 0.0443. The van der Waals surface area contributed by atoms with Gasteiger partial charge in [-0.05, 0) is 200 Å². The van der Waals surface area contributed by atoms with Crippen LogP contribution in [-0.4, -0.2) is 0 Å². The first-order chi connectivity index (χ1) is 43.6. The van der Waals surface area contributed by atoms with Crippen LogP contribution in [0, 0.1) is 69.2 Å². The van der Waals surface area contributed by atoms with Crippen molar-refractivity contribution in [3.63, 3.8) is 0 Å². The molecule has 0 saturated heterocycles. The number of halogens is 8. The van der Waals surface area contributed by atoms with Crippen LogP contribution in [-0.2, 0) is 23.7 Å². The molecule has 0 aliphatic heterocycles. The quantitative estimate of drug-likeness (QED) is 0.154. The van der Waals surface area contributed by atoms with Crippen molar-refractivity contribution < 1.29 is 35.1 Å². The van der Waals surface area contributed by atoms with Crippen LogP contribution in [0.4, 0.5) is 35.1 Å². The predicted octanol–water partition coefficient (Wildman–Crippen LogP) is 27.9. The molecule has 4 aliphatic carbocycles. The standard InChI is InChI=1S/C28H18F4S3.C26H14F4S4.C10H10S2.C10H10S/c1-11-5-6-18-15(7-11)9-19(34-18)20-10-17-26(35-20)22-14(4)23-21(13(3)24(22)28(17,31)32)25-16(27(23,29)30)8-12(2)33-25;1-11-3-4-19(31-11)20-5-6-21(33-20)22-10-18-24(34-22)14-9-15-13(8-16(14)26(18,29)30)23-17(25(15,27)28)7-12(2)32-23;1-7-3-5-9(11-7)10-6-4-8(2)12-10;1-7-3-4-10-9(5-7)6-8(2)11-10/h5-10H,1-4H3;3-10H,1-2H3;3-6H,1-2H3;3-6H,1-2H3. The molecule has 0 saturated carbocycles. The van der Waals surface area contributed by atoms with Crippen LogP contribution in [0.5, 0.6) is 0 Å². The van der Waals surface area contributed by atoms with E-state index >= 15 is 35.1 Å². The Balaban J connectivity index is 0.000000114. The summed E-state index contributed by atoms with van der Waals surface area (Å²) in [5.41, 5.74) is 3.25. The maximum Gasteiger partial charge on any atom is 0.300 e. The van der Waals surface area contributed by atoms with E-state index in [-0.39, 0.29) is 66.8 Å². The minimum atomic E-state index is -3.24. The Morgan fingerprint density at radius 3 is 1.11 bits per heavy atom. The van der Waals surface area contributed by atoms with Gasteiger partial charge in [0, 0.05) is 164 Å². The van der Waals surface area contributed by atoms with Gasteiger partial charge in [-0.3, -0.25) is 0 Å². The molecule has 4 aliphatic rings. The van der Waals surface area contributed by atoms with Crippen LogP contribution in [0.15, 0.2) is 133 Å². The van der Waals surface area contributed by atoms with Gasteiger partial charge in [-0.25, -0.2) is 0 Å². The van der Waals surface area contributed by atoms with Gasteiger partial charge >= 0.3 is 23.7 Å². The van der Waals surface area contributed by atoms with E-state index in [0.29, 0.717) is 30.6 Å². The highest BCUT2D eigenvalue weighted by atomic mass is 32.1. The van der Waals surface area contributed by atoms with Gasteiger partial charge in [-0.1, -0.05) is 35.4 Å². The molecule has 18 heteroatoms. The first kappa shape index (κ1) is 62.0. The van der Waals surface area contributed by atoms with E-state index in [1.807, 2.05) is 78.2 Å². The van der Waals surface area contributed by atoms with Gasteiger partial charge in [0.1, 0.15) is 0 Å². The molecular weight excluding hydrogens is 1360 g/mol. The van der Waals surface area contributed by atoms with Crippen molar-refractivity contribution in [1.29, 1.82) is 0 Å². The van der Waals surface area contributed by atoms with Gasteiger partial charge in [-0.15, -0.1) is 113 Å². The first-order valence-corrected chi connectivity index (χ1v) is 37.5. The maximum absolute atomic E-state index is 16.0. The largest absolute Gasteiger partial charge is 0.300 e. The van der Waals surface area contributed by atoms with E-state index in [1.54, 1.807) is 73.8 Å². The van der Waals surface area contributed by atoms with E-state index in [4.69, 9.17) is 0 Å². The second kappa shape index (κ2) is 22.2. The molecule has 92 heavy (non-hydrogen) atoms. The zero-order chi connectivity index (χ0) is 64.6. The lowest BCUT2D eigenvalue weighted by atomic mass is 9.88. The molecule has 14 aromatic rings. The molecular formula is C74H52F8S10. The summed E-state index contributed by atoms with van der Waals surface area (Å²) in [4.78, 5) is 16.9. The molecule has 0 nitrogen and oxygen atoms in total. The van der Waals surface area contributed by atoms with Crippen LogP contribution in [0.1, 0.15) is 96.0 Å². The van der Waals surface area contributed by atoms with Gasteiger partial charge in [0.15, 0.2) is 0 Å². The summed E-state index contributed by atoms with van der Waals surface area (Å²) >= 11 is 15.4. The fourth-order valence-electron chi connectivity index (χ4n) is 13.0. The van der Waals surface area contributed by atoms with E-state index in [2.05, 4.69) is 94.4 Å². The minimum Gasteiger partial charge on any atom is -0.196 e. The molecule has 0 atom stereocenters. The van der Waals surface area contributed by atoms with Crippen molar-refractivity contribution in [2.24, 2.45) is 0 Å². The van der Waals surface area contributed by atoms with Gasteiger partial charge < -0.3 is 0 Å². The Morgan fingerprint density at radius 1 is 0.250 bits per heavy atom. The molecule has 0 bridgehead atoms. The molecule has 0 amide bonds. The maximum atomic E-state index is 16.0. The first-order valence-electron chi connectivity index (χ1n) is 29.3. The smallest absolute Gasteiger partial charge is 0.196 e. The summed E-state index contributed by atoms with van der Waals surface area (Å²) < 4.78 is 128. The van der Waals surface area contributed by atoms with Crippen molar-refractivity contribution in [3.05, 3.63) is 229 Å². The molecule has 4 aromatic carbocycles. The summed E-state index contributed by atoms with van der Waals surface area (Å²) in [5, 5.41) is 2.46. The van der Waals surface area contributed by atoms with Gasteiger partial charge in [0.05, 0.1) is 0 Å². The van der Waals surface area contributed by atoms with E-state index < -0.39 is 23.7 Å². The third-order valence-electron chi connectivity index (χ3n) is 17.2. The molecule has 10 heterocycles. The van der Waals surface area contributed by atoms with Crippen molar-refractivity contribution in [2.75, 3.05) is 0 Å². The normalized spacial score (nSPS) is 15.0. The molecule has 0 radical (unpaired) electrons. The Labute approximate surface area is 566 Å². The van der Waals surface area contributed by atoms with E-state index in [0.717, 1.165) is 54.7 Å². The average Bonchev–Trinajstić information content (AvgIpc) is 1.52. The highest BCUT2D eigenvalue weighted by Gasteiger charge is 2.56. The van der Waals surface area contributed by atoms with Crippen LogP contribution in [0.3, 0.4) is 0 Å². The van der Waals surface area contributed by atoms with Gasteiger partial charge in [0.2, 0.25) is 0 Å². The number of hydrogen-bond acceptors (Lipinski definition) is 10. The molecule has 0 N–H and O–H groups in total. The highest BCUT2D eigenvalue weighted by Crippen LogP contribution is 2.66. The van der Waals surface area contributed by atoms with E-state index in [9.17, 15) is 0 Å². The van der Waals surface area contributed by atoms with Crippen molar-refractivity contribution in [2.45, 2.75) is 92.9 Å². The van der Waals surface area contributed by atoms with Crippen LogP contribution in [0.2, 0.25) is 0 Å². The van der Waals surface area contributed by atoms with Gasteiger partial charge in [-0.2, -0.15) is 35.1 Å². The van der Waals surface area contributed by atoms with Crippen LogP contribution in [0.25, 0.3) is 101 Å². The van der Waals surface area contributed by atoms with Crippen LogP contribution >= 0.6 is 113 Å². The Bertz CT molecular complexity index is 5290. The molecule has 0 spiro atoms. The number of hydrogen-bond donors (Lipinski definition) is 0. The number of aryl methyl sites for hydroxylation is 8. The van der Waals surface area contributed by atoms with E-state index in [1.165, 1.54) is 115 Å². The monoisotopic (exact) mass is 1410 g/mol. The molecule has 0 fully saturated rings. The molecule has 10 aromatic heterocycles. The lowest BCUT2D eigenvalue weighted by Gasteiger charge is -2.22. The SMILES string of the molecule is Cc1ccc(-c2ccc(-c3cc4c(s3)-c3cc5c(cc3C4(F)F)-c3sc(C)cc3C5(F)F)s2)s1.Cc1ccc(-c2ccc(C)s2)s1.Cc1ccc2sc(-c3cc4c(s3)-c3c(C)c5c(c(C)c3C4(F)F)-c3sc(C)cc3C5(F)F)cc2c1.Cc1ccc2sc(C)cc2c1. The number of fused-ring (bicyclic) bond motifs is 14. The zero-order valence-electron chi connectivity index (χ0n) is 50.8. The second-order valence-electron chi connectivity index (χ2n) is 23.8. The lowest BCUT2D eigenvalue weighted by Crippen LogP contribution is -2.16. The Hall–Kier alpha value is -6.16. The number of benzene rings is 4. The third-order valence-corrected chi connectivity index (χ3v) is 28.7. The fourth-order valence-corrected chi connectivity index (χ4v) is 23.7. The van der Waals surface area contributed by atoms with Crippen molar-refractivity contribution in [3.8, 4) is 80.8 Å². The molecule has 464 valence electrons. The van der Waals surface area contributed by atoms with Gasteiger partial charge in [0.25, 0.3) is 0 Å². The summed E-state index contributed by atoms with van der Waals surface area (Å²) in [6.07, 6.45) is 0. The Kier molecular flexibility index (Phi) is 15.0. The topological polar surface area (TPSA) is 0 Å².